The minimum Gasteiger partial charge on any atom is -0.380 e. The quantitative estimate of drug-likeness (QED) is 0.226. The largest absolute Gasteiger partial charge is 0.380 e. The van der Waals surface area contributed by atoms with Gasteiger partial charge in [-0.15, -0.1) is 0 Å². The molecule has 0 spiro atoms. The zero-order chi connectivity index (χ0) is 24.6. The number of hydrogen-bond donors (Lipinski definition) is 6. The molecule has 10 nitrogen and oxygen atoms in total. The van der Waals surface area contributed by atoms with E-state index in [1.165, 1.54) is 19.6 Å². The lowest BCUT2D eigenvalue weighted by Gasteiger charge is -2.34. The van der Waals surface area contributed by atoms with E-state index in [1.807, 2.05) is 42.5 Å². The molecule has 6 N–H and O–H groups in total. The molecule has 0 aliphatic carbocycles. The number of rotatable bonds is 10. The molecule has 0 aromatic heterocycles. The normalized spacial score (nSPS) is 13.9. The summed E-state index contributed by atoms with van der Waals surface area (Å²) in [5, 5.41) is 27.1. The number of amides is 3. The van der Waals surface area contributed by atoms with Gasteiger partial charge in [-0.3, -0.25) is 19.6 Å². The Kier molecular flexibility index (Phi) is 8.92. The van der Waals surface area contributed by atoms with Crippen molar-refractivity contribution in [1.82, 2.24) is 16.1 Å². The SMILES string of the molecule is CNC(=O)C(NC(=O)C(Nc1ccc(-c2ccccc2)cc1)C(O)C(=O)NO)C(C)(C)OC. The average Bonchev–Trinajstić information content (AvgIpc) is 2.85. The first-order valence-corrected chi connectivity index (χ1v) is 10.3. The zero-order valence-corrected chi connectivity index (χ0v) is 19.0. The van der Waals surface area contributed by atoms with E-state index >= 15 is 0 Å². The van der Waals surface area contributed by atoms with E-state index in [-0.39, 0.29) is 0 Å². The van der Waals surface area contributed by atoms with Crippen molar-refractivity contribution in [2.24, 2.45) is 0 Å². The maximum absolute atomic E-state index is 13.1. The number of aliphatic hydroxyl groups is 1. The second-order valence-electron chi connectivity index (χ2n) is 7.85. The summed E-state index contributed by atoms with van der Waals surface area (Å²) >= 11 is 0. The summed E-state index contributed by atoms with van der Waals surface area (Å²) in [5.41, 5.74) is 2.59. The molecule has 0 aliphatic heterocycles. The Balaban J connectivity index is 2.29. The van der Waals surface area contributed by atoms with Crippen LogP contribution in [0.5, 0.6) is 0 Å². The number of benzene rings is 2. The Labute approximate surface area is 192 Å². The van der Waals surface area contributed by atoms with Crippen LogP contribution in [0.1, 0.15) is 13.8 Å². The highest BCUT2D eigenvalue weighted by molar-refractivity contribution is 5.96. The highest BCUT2D eigenvalue weighted by Gasteiger charge is 2.40. The lowest BCUT2D eigenvalue weighted by atomic mass is 9.96. The molecule has 0 heterocycles. The smallest absolute Gasteiger partial charge is 0.274 e. The molecule has 2 aromatic rings. The van der Waals surface area contributed by atoms with Gasteiger partial charge in [-0.05, 0) is 37.1 Å². The van der Waals surface area contributed by atoms with Gasteiger partial charge in [0.2, 0.25) is 11.8 Å². The summed E-state index contributed by atoms with van der Waals surface area (Å²) in [5.74, 6) is -2.56. The van der Waals surface area contributed by atoms with Crippen LogP contribution in [-0.2, 0) is 19.1 Å². The first kappa shape index (κ1) is 25.8. The van der Waals surface area contributed by atoms with Crippen LogP contribution in [0.15, 0.2) is 54.6 Å². The van der Waals surface area contributed by atoms with E-state index in [0.29, 0.717) is 5.69 Å². The molecule has 0 fully saturated rings. The monoisotopic (exact) mass is 458 g/mol. The molecular weight excluding hydrogens is 428 g/mol. The summed E-state index contributed by atoms with van der Waals surface area (Å²) in [7, 11) is 2.80. The topological polar surface area (TPSA) is 149 Å². The second-order valence-corrected chi connectivity index (χ2v) is 7.85. The standard InChI is InChI=1S/C23H30N4O6/c1-23(2,33-4)19(22(31)24-3)26-20(29)17(18(28)21(30)27-32)25-16-12-10-15(11-13-16)14-8-6-5-7-9-14/h5-13,17-19,25,28,32H,1-4H3,(H,24,31)(H,26,29)(H,27,30). The number of carbonyl (C=O) groups is 3. The highest BCUT2D eigenvalue weighted by atomic mass is 16.5. The van der Waals surface area contributed by atoms with E-state index in [1.54, 1.807) is 26.0 Å². The molecule has 10 heteroatoms. The molecule has 3 unspecified atom stereocenters. The van der Waals surface area contributed by atoms with Crippen molar-refractivity contribution in [3.8, 4) is 11.1 Å². The number of likely N-dealkylation sites (N-methyl/N-ethyl adjacent to an activating group) is 1. The minimum atomic E-state index is -1.96. The van der Waals surface area contributed by atoms with Crippen LogP contribution in [-0.4, -0.2) is 66.0 Å². The highest BCUT2D eigenvalue weighted by Crippen LogP contribution is 2.22. The lowest BCUT2D eigenvalue weighted by molar-refractivity contribution is -0.144. The van der Waals surface area contributed by atoms with Gasteiger partial charge in [-0.25, -0.2) is 5.48 Å². The van der Waals surface area contributed by atoms with Crippen molar-refractivity contribution in [2.75, 3.05) is 19.5 Å². The number of aliphatic hydroxyl groups excluding tert-OH is 1. The fraction of sp³-hybridized carbons (Fsp3) is 0.348. The van der Waals surface area contributed by atoms with Crippen molar-refractivity contribution in [1.29, 1.82) is 0 Å². The molecule has 3 atom stereocenters. The first-order valence-electron chi connectivity index (χ1n) is 10.3. The molecule has 0 aliphatic rings. The van der Waals surface area contributed by atoms with Crippen molar-refractivity contribution in [3.05, 3.63) is 54.6 Å². The van der Waals surface area contributed by atoms with Crippen LogP contribution in [0.3, 0.4) is 0 Å². The lowest BCUT2D eigenvalue weighted by Crippen LogP contribution is -2.62. The Bertz CT molecular complexity index is 949. The van der Waals surface area contributed by atoms with Gasteiger partial charge in [0.25, 0.3) is 5.91 Å². The Morgan fingerprint density at radius 2 is 1.48 bits per heavy atom. The number of anilines is 1. The molecule has 0 saturated carbocycles. The summed E-state index contributed by atoms with van der Waals surface area (Å²) in [6.07, 6.45) is -1.96. The summed E-state index contributed by atoms with van der Waals surface area (Å²) in [6.45, 7) is 3.21. The number of methoxy groups -OCH3 is 1. The number of ether oxygens (including phenoxy) is 1. The van der Waals surface area contributed by atoms with Crippen molar-refractivity contribution >= 4 is 23.4 Å². The van der Waals surface area contributed by atoms with E-state index in [2.05, 4.69) is 16.0 Å². The van der Waals surface area contributed by atoms with Gasteiger partial charge in [0.05, 0.1) is 5.60 Å². The Morgan fingerprint density at radius 1 is 0.909 bits per heavy atom. The number of carbonyl (C=O) groups excluding carboxylic acids is 3. The van der Waals surface area contributed by atoms with Crippen LogP contribution in [0.2, 0.25) is 0 Å². The van der Waals surface area contributed by atoms with E-state index in [9.17, 15) is 19.5 Å². The third-order valence-electron chi connectivity index (χ3n) is 5.31. The van der Waals surface area contributed by atoms with Gasteiger partial charge in [0.1, 0.15) is 12.1 Å². The predicted octanol–water partition coefficient (Wildman–Crippen LogP) is 0.656. The molecular formula is C23H30N4O6. The number of nitrogens with one attached hydrogen (secondary N) is 4. The Hall–Kier alpha value is -3.47. The maximum Gasteiger partial charge on any atom is 0.274 e. The zero-order valence-electron chi connectivity index (χ0n) is 19.0. The number of hydroxylamine groups is 1. The fourth-order valence-electron chi connectivity index (χ4n) is 3.12. The summed E-state index contributed by atoms with van der Waals surface area (Å²) in [4.78, 5) is 37.3. The summed E-state index contributed by atoms with van der Waals surface area (Å²) < 4.78 is 5.33. The van der Waals surface area contributed by atoms with Gasteiger partial charge in [-0.1, -0.05) is 42.5 Å². The van der Waals surface area contributed by atoms with Gasteiger partial charge in [0, 0.05) is 19.8 Å². The molecule has 178 valence electrons. The van der Waals surface area contributed by atoms with Gasteiger partial charge >= 0.3 is 0 Å². The summed E-state index contributed by atoms with van der Waals surface area (Å²) in [6, 6.07) is 14.0. The van der Waals surface area contributed by atoms with Gasteiger partial charge in [0.15, 0.2) is 6.10 Å². The fourth-order valence-corrected chi connectivity index (χ4v) is 3.12. The predicted molar refractivity (Wildman–Crippen MR) is 122 cm³/mol. The molecule has 33 heavy (non-hydrogen) atoms. The van der Waals surface area contributed by atoms with Crippen molar-refractivity contribution < 1.29 is 29.4 Å². The second kappa shape index (κ2) is 11.4. The maximum atomic E-state index is 13.1. The van der Waals surface area contributed by atoms with Crippen LogP contribution in [0.25, 0.3) is 11.1 Å². The third-order valence-corrected chi connectivity index (χ3v) is 5.31. The minimum absolute atomic E-state index is 0.433. The molecule has 3 amide bonds. The number of hydrogen-bond acceptors (Lipinski definition) is 7. The van der Waals surface area contributed by atoms with Crippen LogP contribution in [0.4, 0.5) is 5.69 Å². The molecule has 0 radical (unpaired) electrons. The molecule has 2 aromatic carbocycles. The average molecular weight is 459 g/mol. The van der Waals surface area contributed by atoms with E-state index in [4.69, 9.17) is 9.94 Å². The van der Waals surface area contributed by atoms with Crippen LogP contribution >= 0.6 is 0 Å². The van der Waals surface area contributed by atoms with Gasteiger partial charge < -0.3 is 25.8 Å². The van der Waals surface area contributed by atoms with Crippen LogP contribution in [0, 0.1) is 0 Å². The molecule has 0 bridgehead atoms. The Morgan fingerprint density at radius 3 is 2.00 bits per heavy atom. The van der Waals surface area contributed by atoms with Crippen molar-refractivity contribution in [2.45, 2.75) is 37.6 Å². The van der Waals surface area contributed by atoms with E-state index in [0.717, 1.165) is 11.1 Å². The third kappa shape index (κ3) is 6.51. The van der Waals surface area contributed by atoms with Crippen LogP contribution < -0.4 is 21.4 Å². The van der Waals surface area contributed by atoms with E-state index < -0.39 is 41.5 Å². The molecule has 2 rings (SSSR count). The first-order chi connectivity index (χ1) is 15.6. The van der Waals surface area contributed by atoms with Crippen molar-refractivity contribution in [3.63, 3.8) is 0 Å². The van der Waals surface area contributed by atoms with Gasteiger partial charge in [-0.2, -0.15) is 0 Å². The molecule has 0 saturated heterocycles.